The van der Waals surface area contributed by atoms with Crippen molar-refractivity contribution in [3.05, 3.63) is 71.6 Å². The van der Waals surface area contributed by atoms with E-state index in [2.05, 4.69) is 15.8 Å². The van der Waals surface area contributed by atoms with Gasteiger partial charge in [-0.15, -0.1) is 0 Å². The highest BCUT2D eigenvalue weighted by Crippen LogP contribution is 2.34. The Kier molecular flexibility index (Phi) is 5.03. The van der Waals surface area contributed by atoms with E-state index in [0.29, 0.717) is 23.7 Å². The number of carbonyl (C=O) groups is 2. The van der Waals surface area contributed by atoms with Crippen LogP contribution in [0.1, 0.15) is 23.4 Å². The van der Waals surface area contributed by atoms with Crippen LogP contribution in [-0.4, -0.2) is 23.0 Å². The molecule has 2 N–H and O–H groups in total. The fourth-order valence-electron chi connectivity index (χ4n) is 3.44. The van der Waals surface area contributed by atoms with E-state index in [4.69, 9.17) is 4.52 Å². The molecule has 0 aliphatic carbocycles. The lowest BCUT2D eigenvalue weighted by Gasteiger charge is -2.37. The Morgan fingerprint density at radius 3 is 2.66 bits per heavy atom. The normalized spacial score (nSPS) is 15.6. The van der Waals surface area contributed by atoms with Crippen molar-refractivity contribution in [3.63, 3.8) is 0 Å². The fraction of sp³-hybridized carbons (Fsp3) is 0.227. The molecule has 4 rings (SSSR count). The topological polar surface area (TPSA) is 87.5 Å². The van der Waals surface area contributed by atoms with Crippen molar-refractivity contribution < 1.29 is 14.1 Å². The van der Waals surface area contributed by atoms with E-state index >= 15 is 0 Å². The van der Waals surface area contributed by atoms with Crippen LogP contribution in [0.25, 0.3) is 0 Å². The summed E-state index contributed by atoms with van der Waals surface area (Å²) in [6.45, 7) is 4.17. The van der Waals surface area contributed by atoms with Crippen LogP contribution in [0.4, 0.5) is 17.1 Å². The average Bonchev–Trinajstić information content (AvgIpc) is 3.11. The summed E-state index contributed by atoms with van der Waals surface area (Å²) in [5.41, 5.74) is 4.14. The van der Waals surface area contributed by atoms with Crippen molar-refractivity contribution in [3.8, 4) is 0 Å². The van der Waals surface area contributed by atoms with Gasteiger partial charge >= 0.3 is 0 Å². The minimum absolute atomic E-state index is 0.0150. The summed E-state index contributed by atoms with van der Waals surface area (Å²) in [6.07, 6.45) is 0.0150. The standard InChI is InChI=1S/C22H22N4O3/c1-14-7-9-16(10-8-14)23-21(27)12-20-22(28)24-18-5-3-4-6-19(18)26(20)13-17-11-15(2)25-29-17/h3-11,20H,12-13H2,1-2H3,(H,23,27)(H,24,28)/t20-/m1/s1. The number of aryl methyl sites for hydroxylation is 2. The molecular formula is C22H22N4O3. The molecule has 3 aromatic rings. The van der Waals surface area contributed by atoms with Crippen LogP contribution < -0.4 is 15.5 Å². The molecule has 1 aromatic heterocycles. The van der Waals surface area contributed by atoms with Crippen LogP contribution in [-0.2, 0) is 16.1 Å². The second kappa shape index (κ2) is 7.79. The molecule has 2 aromatic carbocycles. The summed E-state index contributed by atoms with van der Waals surface area (Å²) in [5, 5.41) is 9.69. The van der Waals surface area contributed by atoms with E-state index in [1.165, 1.54) is 0 Å². The zero-order valence-electron chi connectivity index (χ0n) is 16.3. The number of anilines is 3. The fourth-order valence-corrected chi connectivity index (χ4v) is 3.44. The maximum Gasteiger partial charge on any atom is 0.247 e. The lowest BCUT2D eigenvalue weighted by molar-refractivity contribution is -0.122. The zero-order valence-corrected chi connectivity index (χ0v) is 16.3. The smallest absolute Gasteiger partial charge is 0.247 e. The average molecular weight is 390 g/mol. The molecule has 0 unspecified atom stereocenters. The Bertz CT molecular complexity index is 1040. The third-order valence-electron chi connectivity index (χ3n) is 4.87. The SMILES string of the molecule is Cc1ccc(NC(=O)C[C@@H]2C(=O)Nc3ccccc3N2Cc2cc(C)no2)cc1. The monoisotopic (exact) mass is 390 g/mol. The summed E-state index contributed by atoms with van der Waals surface area (Å²) < 4.78 is 5.35. The number of hydrogen-bond acceptors (Lipinski definition) is 5. The van der Waals surface area contributed by atoms with Gasteiger partial charge in [-0.3, -0.25) is 9.59 Å². The number of fused-ring (bicyclic) bond motifs is 1. The van der Waals surface area contributed by atoms with Gasteiger partial charge in [0.2, 0.25) is 11.8 Å². The maximum atomic E-state index is 12.8. The van der Waals surface area contributed by atoms with Gasteiger partial charge in [0.25, 0.3) is 0 Å². The second-order valence-corrected chi connectivity index (χ2v) is 7.20. The number of rotatable bonds is 5. The van der Waals surface area contributed by atoms with Crippen molar-refractivity contribution >= 4 is 28.9 Å². The Morgan fingerprint density at radius 2 is 1.93 bits per heavy atom. The first kappa shape index (κ1) is 18.7. The van der Waals surface area contributed by atoms with Crippen LogP contribution in [0.15, 0.2) is 59.1 Å². The molecular weight excluding hydrogens is 368 g/mol. The van der Waals surface area contributed by atoms with Gasteiger partial charge in [-0.25, -0.2) is 0 Å². The number of para-hydroxylation sites is 2. The van der Waals surface area contributed by atoms with Crippen molar-refractivity contribution in [1.29, 1.82) is 0 Å². The third-order valence-corrected chi connectivity index (χ3v) is 4.87. The summed E-state index contributed by atoms with van der Waals surface area (Å²) in [7, 11) is 0. The van der Waals surface area contributed by atoms with Crippen molar-refractivity contribution in [2.75, 3.05) is 15.5 Å². The summed E-state index contributed by atoms with van der Waals surface area (Å²) >= 11 is 0. The highest BCUT2D eigenvalue weighted by atomic mass is 16.5. The largest absolute Gasteiger partial charge is 0.359 e. The van der Waals surface area contributed by atoms with Gasteiger partial charge in [0.1, 0.15) is 6.04 Å². The van der Waals surface area contributed by atoms with Crippen LogP contribution in [0.3, 0.4) is 0 Å². The van der Waals surface area contributed by atoms with Gasteiger partial charge in [-0.05, 0) is 38.1 Å². The highest BCUT2D eigenvalue weighted by Gasteiger charge is 2.35. The summed E-state index contributed by atoms with van der Waals surface area (Å²) in [4.78, 5) is 27.4. The Balaban J connectivity index is 1.58. The molecule has 1 aliphatic rings. The van der Waals surface area contributed by atoms with Crippen LogP contribution in [0, 0.1) is 13.8 Å². The number of carbonyl (C=O) groups excluding carboxylic acids is 2. The molecule has 0 spiro atoms. The zero-order chi connectivity index (χ0) is 20.4. The molecule has 0 radical (unpaired) electrons. The Hall–Kier alpha value is -3.61. The first-order valence-electron chi connectivity index (χ1n) is 9.45. The summed E-state index contributed by atoms with van der Waals surface area (Å²) in [6, 6.07) is 16.2. The molecule has 0 bridgehead atoms. The van der Waals surface area contributed by atoms with Gasteiger partial charge in [-0.1, -0.05) is 35.0 Å². The number of nitrogens with one attached hydrogen (secondary N) is 2. The third kappa shape index (κ3) is 4.13. The molecule has 7 heteroatoms. The van der Waals surface area contributed by atoms with Gasteiger partial charge < -0.3 is 20.1 Å². The Morgan fingerprint density at radius 1 is 1.17 bits per heavy atom. The minimum atomic E-state index is -0.666. The number of hydrogen-bond donors (Lipinski definition) is 2. The minimum Gasteiger partial charge on any atom is -0.359 e. The van der Waals surface area contributed by atoms with Crippen molar-refractivity contribution in [1.82, 2.24) is 5.16 Å². The van der Waals surface area contributed by atoms with Crippen LogP contribution >= 0.6 is 0 Å². The summed E-state index contributed by atoms with van der Waals surface area (Å²) in [5.74, 6) is 0.182. The molecule has 0 fully saturated rings. The van der Waals surface area contributed by atoms with E-state index in [0.717, 1.165) is 16.9 Å². The van der Waals surface area contributed by atoms with E-state index in [9.17, 15) is 9.59 Å². The number of benzene rings is 2. The number of amides is 2. The number of nitrogens with zero attached hydrogens (tertiary/aromatic N) is 2. The van der Waals surface area contributed by atoms with Crippen molar-refractivity contribution in [2.45, 2.75) is 32.9 Å². The predicted molar refractivity (Wildman–Crippen MR) is 111 cm³/mol. The van der Waals surface area contributed by atoms with E-state index in [-0.39, 0.29) is 18.2 Å². The van der Waals surface area contributed by atoms with Gasteiger partial charge in [0.05, 0.1) is 30.0 Å². The predicted octanol–water partition coefficient (Wildman–Crippen LogP) is 3.65. The van der Waals surface area contributed by atoms with Gasteiger partial charge in [0, 0.05) is 11.8 Å². The van der Waals surface area contributed by atoms with Gasteiger partial charge in [0.15, 0.2) is 5.76 Å². The first-order valence-corrected chi connectivity index (χ1v) is 9.45. The van der Waals surface area contributed by atoms with E-state index in [1.54, 1.807) is 0 Å². The molecule has 0 saturated carbocycles. The molecule has 0 saturated heterocycles. The molecule has 1 aliphatic heterocycles. The molecule has 148 valence electrons. The molecule has 2 heterocycles. The highest BCUT2D eigenvalue weighted by molar-refractivity contribution is 6.06. The molecule has 29 heavy (non-hydrogen) atoms. The van der Waals surface area contributed by atoms with Crippen LogP contribution in [0.2, 0.25) is 0 Å². The van der Waals surface area contributed by atoms with Crippen LogP contribution in [0.5, 0.6) is 0 Å². The van der Waals surface area contributed by atoms with E-state index < -0.39 is 6.04 Å². The molecule has 7 nitrogen and oxygen atoms in total. The van der Waals surface area contributed by atoms with Crippen molar-refractivity contribution in [2.24, 2.45) is 0 Å². The first-order chi connectivity index (χ1) is 14.0. The molecule has 1 atom stereocenters. The number of aromatic nitrogens is 1. The quantitative estimate of drug-likeness (QED) is 0.694. The van der Waals surface area contributed by atoms with E-state index in [1.807, 2.05) is 73.3 Å². The second-order valence-electron chi connectivity index (χ2n) is 7.20. The van der Waals surface area contributed by atoms with Gasteiger partial charge in [-0.2, -0.15) is 0 Å². The molecule has 2 amide bonds. The Labute approximate surface area is 168 Å². The lowest BCUT2D eigenvalue weighted by Crippen LogP contribution is -2.49. The lowest BCUT2D eigenvalue weighted by atomic mass is 10.0. The maximum absolute atomic E-state index is 12.8.